The van der Waals surface area contributed by atoms with Crippen molar-refractivity contribution in [1.29, 1.82) is 0 Å². The molecule has 0 saturated heterocycles. The Bertz CT molecular complexity index is 298. The van der Waals surface area contributed by atoms with Gasteiger partial charge < -0.3 is 0 Å². The Kier molecular flexibility index (Phi) is 4.57. The zero-order chi connectivity index (χ0) is 11.4. The molecule has 16 heavy (non-hydrogen) atoms. The number of rotatable bonds is 5. The van der Waals surface area contributed by atoms with Gasteiger partial charge in [-0.1, -0.05) is 18.9 Å². The molecule has 0 aliphatic heterocycles. The van der Waals surface area contributed by atoms with Gasteiger partial charge in [-0.25, -0.2) is 0 Å². The van der Waals surface area contributed by atoms with Crippen LogP contribution < -0.4 is 0 Å². The molecule has 0 unspecified atom stereocenters. The molecular weight excluding hydrogens is 259 g/mol. The SMILES string of the molecule is ClCC(CCl)(Cc1cccs1)C1CCCC1. The van der Waals surface area contributed by atoms with Crippen molar-refractivity contribution >= 4 is 34.5 Å². The maximum atomic E-state index is 6.24. The fourth-order valence-corrected chi connectivity index (χ4v) is 4.56. The van der Waals surface area contributed by atoms with Crippen LogP contribution in [0.1, 0.15) is 30.6 Å². The predicted molar refractivity (Wildman–Crippen MR) is 73.9 cm³/mol. The summed E-state index contributed by atoms with van der Waals surface area (Å²) in [6.07, 6.45) is 6.38. The first-order chi connectivity index (χ1) is 7.80. The smallest absolute Gasteiger partial charge is 0.0297 e. The molecule has 0 aromatic carbocycles. The standard InChI is InChI=1S/C13H18Cl2S/c14-9-13(10-15,11-4-1-2-5-11)8-12-6-3-7-16-12/h3,6-7,11H,1-2,4-5,8-10H2. The summed E-state index contributed by atoms with van der Waals surface area (Å²) >= 11 is 14.3. The minimum Gasteiger partial charge on any atom is -0.149 e. The fraction of sp³-hybridized carbons (Fsp3) is 0.692. The minimum absolute atomic E-state index is 0.129. The highest BCUT2D eigenvalue weighted by Crippen LogP contribution is 2.44. The molecule has 0 nitrogen and oxygen atoms in total. The van der Waals surface area contributed by atoms with Crippen LogP contribution >= 0.6 is 34.5 Å². The van der Waals surface area contributed by atoms with Crippen molar-refractivity contribution < 1.29 is 0 Å². The molecule has 3 heteroatoms. The lowest BCUT2D eigenvalue weighted by molar-refractivity contribution is 0.226. The molecule has 0 amide bonds. The van der Waals surface area contributed by atoms with Crippen molar-refractivity contribution in [3.63, 3.8) is 0 Å². The second kappa shape index (κ2) is 5.75. The highest BCUT2D eigenvalue weighted by molar-refractivity contribution is 7.09. The average molecular weight is 277 g/mol. The van der Waals surface area contributed by atoms with E-state index in [0.29, 0.717) is 11.8 Å². The van der Waals surface area contributed by atoms with E-state index < -0.39 is 0 Å². The molecule has 0 N–H and O–H groups in total. The summed E-state index contributed by atoms with van der Waals surface area (Å²) in [5, 5.41) is 2.14. The monoisotopic (exact) mass is 276 g/mol. The molecule has 0 spiro atoms. The predicted octanol–water partition coefficient (Wildman–Crippen LogP) is 4.94. The van der Waals surface area contributed by atoms with E-state index in [4.69, 9.17) is 23.2 Å². The molecule has 1 aliphatic rings. The van der Waals surface area contributed by atoms with Crippen molar-refractivity contribution in [2.45, 2.75) is 32.1 Å². The van der Waals surface area contributed by atoms with E-state index in [9.17, 15) is 0 Å². The maximum Gasteiger partial charge on any atom is 0.0297 e. The zero-order valence-electron chi connectivity index (χ0n) is 9.42. The van der Waals surface area contributed by atoms with Gasteiger partial charge in [0.25, 0.3) is 0 Å². The Labute approximate surface area is 112 Å². The lowest BCUT2D eigenvalue weighted by Crippen LogP contribution is -2.35. The molecule has 0 radical (unpaired) electrons. The zero-order valence-corrected chi connectivity index (χ0v) is 11.8. The largest absolute Gasteiger partial charge is 0.149 e. The Morgan fingerprint density at radius 2 is 1.94 bits per heavy atom. The van der Waals surface area contributed by atoms with E-state index in [1.54, 1.807) is 0 Å². The number of hydrogen-bond donors (Lipinski definition) is 0. The van der Waals surface area contributed by atoms with Crippen molar-refractivity contribution in [2.75, 3.05) is 11.8 Å². The Morgan fingerprint density at radius 1 is 1.25 bits per heavy atom. The first-order valence-corrected chi connectivity index (χ1v) is 7.90. The van der Waals surface area contributed by atoms with Gasteiger partial charge in [-0.3, -0.25) is 0 Å². The van der Waals surface area contributed by atoms with E-state index in [0.717, 1.165) is 12.3 Å². The Hall–Kier alpha value is 0.280. The summed E-state index contributed by atoms with van der Waals surface area (Å²) in [7, 11) is 0. The number of halogens is 2. The summed E-state index contributed by atoms with van der Waals surface area (Å²) in [4.78, 5) is 1.42. The van der Waals surface area contributed by atoms with Gasteiger partial charge in [-0.15, -0.1) is 34.5 Å². The molecule has 2 rings (SSSR count). The topological polar surface area (TPSA) is 0 Å². The van der Waals surface area contributed by atoms with Gasteiger partial charge in [0.1, 0.15) is 0 Å². The van der Waals surface area contributed by atoms with Gasteiger partial charge in [-0.05, 0) is 36.6 Å². The second-order valence-electron chi connectivity index (χ2n) is 4.87. The van der Waals surface area contributed by atoms with Crippen LogP contribution in [0.3, 0.4) is 0 Å². The molecule has 0 bridgehead atoms. The highest BCUT2D eigenvalue weighted by atomic mass is 35.5. The molecule has 1 saturated carbocycles. The van der Waals surface area contributed by atoms with Crippen LogP contribution in [0.2, 0.25) is 0 Å². The third-order valence-corrected chi connectivity index (χ3v) is 5.80. The van der Waals surface area contributed by atoms with Gasteiger partial charge in [0.15, 0.2) is 0 Å². The normalized spacial score (nSPS) is 18.1. The fourth-order valence-electron chi connectivity index (χ4n) is 2.79. The van der Waals surface area contributed by atoms with Crippen LogP contribution in [0, 0.1) is 11.3 Å². The van der Waals surface area contributed by atoms with Crippen LogP contribution in [0.25, 0.3) is 0 Å². The maximum absolute atomic E-state index is 6.24. The van der Waals surface area contributed by atoms with Crippen molar-refractivity contribution in [2.24, 2.45) is 11.3 Å². The van der Waals surface area contributed by atoms with Crippen LogP contribution in [0.15, 0.2) is 17.5 Å². The number of alkyl halides is 2. The van der Waals surface area contributed by atoms with Gasteiger partial charge in [0.2, 0.25) is 0 Å². The number of hydrogen-bond acceptors (Lipinski definition) is 1. The molecule has 90 valence electrons. The molecule has 0 atom stereocenters. The van der Waals surface area contributed by atoms with Crippen LogP contribution in [-0.4, -0.2) is 11.8 Å². The van der Waals surface area contributed by atoms with Crippen LogP contribution in [0.4, 0.5) is 0 Å². The Balaban J connectivity index is 2.13. The first kappa shape index (κ1) is 12.7. The average Bonchev–Trinajstić information content (AvgIpc) is 2.99. The molecule has 1 aromatic rings. The summed E-state index contributed by atoms with van der Waals surface area (Å²) in [5.74, 6) is 2.11. The molecule has 1 aromatic heterocycles. The quantitative estimate of drug-likeness (QED) is 0.668. The van der Waals surface area contributed by atoms with Gasteiger partial charge in [0.05, 0.1) is 0 Å². The molecular formula is C13H18Cl2S. The molecule has 1 aliphatic carbocycles. The first-order valence-electron chi connectivity index (χ1n) is 5.95. The van der Waals surface area contributed by atoms with E-state index in [-0.39, 0.29) is 5.41 Å². The van der Waals surface area contributed by atoms with E-state index >= 15 is 0 Å². The van der Waals surface area contributed by atoms with Crippen molar-refractivity contribution in [1.82, 2.24) is 0 Å². The second-order valence-corrected chi connectivity index (χ2v) is 6.43. The minimum atomic E-state index is 0.129. The van der Waals surface area contributed by atoms with Crippen molar-refractivity contribution in [3.8, 4) is 0 Å². The van der Waals surface area contributed by atoms with E-state index in [2.05, 4.69) is 17.5 Å². The van der Waals surface area contributed by atoms with Crippen LogP contribution in [-0.2, 0) is 6.42 Å². The lowest BCUT2D eigenvalue weighted by atomic mass is 9.74. The van der Waals surface area contributed by atoms with Crippen molar-refractivity contribution in [3.05, 3.63) is 22.4 Å². The van der Waals surface area contributed by atoms with E-state index in [1.165, 1.54) is 30.6 Å². The lowest BCUT2D eigenvalue weighted by Gasteiger charge is -2.35. The summed E-state index contributed by atoms with van der Waals surface area (Å²) < 4.78 is 0. The molecule has 1 heterocycles. The Morgan fingerprint density at radius 3 is 2.44 bits per heavy atom. The summed E-state index contributed by atoms with van der Waals surface area (Å²) in [5.41, 5.74) is 0.129. The van der Waals surface area contributed by atoms with E-state index in [1.807, 2.05) is 11.3 Å². The van der Waals surface area contributed by atoms with Gasteiger partial charge in [-0.2, -0.15) is 0 Å². The third-order valence-electron chi connectivity index (χ3n) is 3.86. The third kappa shape index (κ3) is 2.57. The van der Waals surface area contributed by atoms with Gasteiger partial charge in [0, 0.05) is 22.1 Å². The van der Waals surface area contributed by atoms with Gasteiger partial charge >= 0.3 is 0 Å². The molecule has 1 fully saturated rings. The number of thiophene rings is 1. The van der Waals surface area contributed by atoms with Crippen LogP contribution in [0.5, 0.6) is 0 Å². The summed E-state index contributed by atoms with van der Waals surface area (Å²) in [6, 6.07) is 4.31. The summed E-state index contributed by atoms with van der Waals surface area (Å²) in [6.45, 7) is 0. The highest BCUT2D eigenvalue weighted by Gasteiger charge is 2.39.